The van der Waals surface area contributed by atoms with Gasteiger partial charge in [0.1, 0.15) is 9.71 Å². The first-order valence-electron chi connectivity index (χ1n) is 8.96. The number of halogens is 1. The van der Waals surface area contributed by atoms with Crippen molar-refractivity contribution in [2.45, 2.75) is 19.3 Å². The van der Waals surface area contributed by atoms with E-state index in [1.54, 1.807) is 35.6 Å². The molecule has 140 valence electrons. The Bertz CT molecular complexity index is 1200. The minimum Gasteiger partial charge on any atom is -0.397 e. The summed E-state index contributed by atoms with van der Waals surface area (Å²) in [7, 11) is 0. The molecule has 3 N–H and O–H groups in total. The molecule has 0 aliphatic heterocycles. The van der Waals surface area contributed by atoms with E-state index in [0.29, 0.717) is 21.3 Å². The van der Waals surface area contributed by atoms with Crippen LogP contribution in [-0.4, -0.2) is 10.9 Å². The van der Waals surface area contributed by atoms with E-state index >= 15 is 0 Å². The van der Waals surface area contributed by atoms with E-state index in [4.69, 9.17) is 22.3 Å². The van der Waals surface area contributed by atoms with Crippen LogP contribution in [0.4, 0.5) is 11.4 Å². The van der Waals surface area contributed by atoms with Crippen molar-refractivity contribution in [3.05, 3.63) is 62.9 Å². The molecule has 0 bridgehead atoms. The molecule has 0 saturated heterocycles. The number of pyridine rings is 1. The highest BCUT2D eigenvalue weighted by molar-refractivity contribution is 7.21. The number of aromatic nitrogens is 1. The van der Waals surface area contributed by atoms with Crippen molar-refractivity contribution in [1.82, 2.24) is 4.98 Å². The molecule has 4 nitrogen and oxygen atoms in total. The van der Waals surface area contributed by atoms with Crippen molar-refractivity contribution < 1.29 is 4.79 Å². The van der Waals surface area contributed by atoms with Gasteiger partial charge in [-0.15, -0.1) is 22.7 Å². The molecule has 3 aromatic heterocycles. The van der Waals surface area contributed by atoms with E-state index in [1.165, 1.54) is 21.8 Å². The molecule has 3 heterocycles. The zero-order valence-electron chi connectivity index (χ0n) is 14.8. The maximum atomic E-state index is 12.9. The number of anilines is 2. The summed E-state index contributed by atoms with van der Waals surface area (Å²) >= 11 is 8.98. The van der Waals surface area contributed by atoms with Crippen LogP contribution in [-0.2, 0) is 12.8 Å². The average Bonchev–Trinajstić information content (AvgIpc) is 3.42. The fraction of sp³-hybridized carbons (Fsp3) is 0.143. The third-order valence-electron chi connectivity index (χ3n) is 4.98. The smallest absolute Gasteiger partial charge is 0.267 e. The van der Waals surface area contributed by atoms with Gasteiger partial charge in [0.2, 0.25) is 0 Å². The summed E-state index contributed by atoms with van der Waals surface area (Å²) in [5.41, 5.74) is 11.3. The standard InChI is InChI=1S/C21H16ClN3OS2/c22-11-6-8-12(9-7-11)24-20(26)19-18(23)17-16(15-5-2-10-27-15)13-3-1-4-14(13)25-21(17)28-19/h2,5-10H,1,3-4,23H2,(H,24,26). The largest absolute Gasteiger partial charge is 0.397 e. The molecule has 0 unspecified atom stereocenters. The van der Waals surface area contributed by atoms with Crippen molar-refractivity contribution in [3.8, 4) is 10.4 Å². The first-order valence-corrected chi connectivity index (χ1v) is 11.0. The topological polar surface area (TPSA) is 68.0 Å². The number of hydrogen-bond acceptors (Lipinski definition) is 5. The van der Waals surface area contributed by atoms with Gasteiger partial charge in [-0.25, -0.2) is 4.98 Å². The van der Waals surface area contributed by atoms with Gasteiger partial charge in [0.25, 0.3) is 5.91 Å². The Morgan fingerprint density at radius 1 is 1.18 bits per heavy atom. The normalized spacial score (nSPS) is 13.0. The number of nitrogen functional groups attached to an aromatic ring is 1. The second kappa shape index (κ2) is 6.88. The van der Waals surface area contributed by atoms with Gasteiger partial charge in [-0.1, -0.05) is 17.7 Å². The number of thiophene rings is 2. The molecule has 7 heteroatoms. The van der Waals surface area contributed by atoms with Gasteiger partial charge < -0.3 is 11.1 Å². The molecule has 0 saturated carbocycles. The first kappa shape index (κ1) is 17.7. The van der Waals surface area contributed by atoms with Crippen LogP contribution in [0.15, 0.2) is 41.8 Å². The van der Waals surface area contributed by atoms with Crippen LogP contribution in [0.1, 0.15) is 27.3 Å². The Hall–Kier alpha value is -2.41. The number of rotatable bonds is 3. The second-order valence-electron chi connectivity index (χ2n) is 6.73. The molecule has 1 aliphatic rings. The molecule has 0 spiro atoms. The van der Waals surface area contributed by atoms with E-state index in [-0.39, 0.29) is 5.91 Å². The molecule has 0 atom stereocenters. The van der Waals surface area contributed by atoms with Gasteiger partial charge in [0, 0.05) is 32.2 Å². The van der Waals surface area contributed by atoms with E-state index in [0.717, 1.165) is 40.7 Å². The van der Waals surface area contributed by atoms with E-state index in [9.17, 15) is 4.79 Å². The van der Waals surface area contributed by atoms with Gasteiger partial charge in [-0.2, -0.15) is 0 Å². The van der Waals surface area contributed by atoms with Gasteiger partial charge in [-0.3, -0.25) is 4.79 Å². The lowest BCUT2D eigenvalue weighted by molar-refractivity contribution is 0.103. The van der Waals surface area contributed by atoms with Crippen molar-refractivity contribution in [3.63, 3.8) is 0 Å². The summed E-state index contributed by atoms with van der Waals surface area (Å²) < 4.78 is 0. The summed E-state index contributed by atoms with van der Waals surface area (Å²) in [4.78, 5) is 20.3. The van der Waals surface area contributed by atoms with Gasteiger partial charge in [0.05, 0.1) is 5.69 Å². The number of carbonyl (C=O) groups excluding carboxylic acids is 1. The van der Waals surface area contributed by atoms with Crippen molar-refractivity contribution in [1.29, 1.82) is 0 Å². The van der Waals surface area contributed by atoms with Crippen LogP contribution in [0.3, 0.4) is 0 Å². The fourth-order valence-electron chi connectivity index (χ4n) is 3.73. The molecule has 1 aromatic carbocycles. The van der Waals surface area contributed by atoms with Crippen LogP contribution in [0, 0.1) is 0 Å². The predicted molar refractivity (Wildman–Crippen MR) is 119 cm³/mol. The number of benzene rings is 1. The van der Waals surface area contributed by atoms with E-state index < -0.39 is 0 Å². The Kier molecular flexibility index (Phi) is 4.34. The SMILES string of the molecule is Nc1c(C(=O)Nc2ccc(Cl)cc2)sc2nc3c(c(-c4cccs4)c12)CCC3. The van der Waals surface area contributed by atoms with Crippen LogP contribution < -0.4 is 11.1 Å². The monoisotopic (exact) mass is 425 g/mol. The molecule has 28 heavy (non-hydrogen) atoms. The Labute approximate surface area is 175 Å². The highest BCUT2D eigenvalue weighted by Crippen LogP contribution is 2.45. The number of nitrogens with two attached hydrogens (primary N) is 1. The molecule has 1 amide bonds. The number of nitrogens with zero attached hydrogens (tertiary/aromatic N) is 1. The van der Waals surface area contributed by atoms with E-state index in [1.807, 2.05) is 6.07 Å². The average molecular weight is 426 g/mol. The van der Waals surface area contributed by atoms with Gasteiger partial charge in [0.15, 0.2) is 0 Å². The number of aryl methyl sites for hydroxylation is 1. The van der Waals surface area contributed by atoms with E-state index in [2.05, 4.69) is 16.8 Å². The quantitative estimate of drug-likeness (QED) is 0.422. The summed E-state index contributed by atoms with van der Waals surface area (Å²) in [6.45, 7) is 0. The summed E-state index contributed by atoms with van der Waals surface area (Å²) in [6, 6.07) is 11.2. The van der Waals surface area contributed by atoms with Crippen molar-refractivity contribution in [2.75, 3.05) is 11.1 Å². The zero-order chi connectivity index (χ0) is 19.3. The minimum atomic E-state index is -0.222. The Balaban J connectivity index is 1.64. The number of carbonyl (C=O) groups is 1. The lowest BCUT2D eigenvalue weighted by Gasteiger charge is -2.09. The highest BCUT2D eigenvalue weighted by Gasteiger charge is 2.26. The van der Waals surface area contributed by atoms with Crippen LogP contribution in [0.2, 0.25) is 5.02 Å². The summed E-state index contributed by atoms with van der Waals surface area (Å²) in [6.07, 6.45) is 3.10. The third-order valence-corrected chi connectivity index (χ3v) is 7.22. The Morgan fingerprint density at radius 3 is 2.75 bits per heavy atom. The van der Waals surface area contributed by atoms with Gasteiger partial charge in [-0.05, 0) is 60.5 Å². The Morgan fingerprint density at radius 2 is 2.00 bits per heavy atom. The third kappa shape index (κ3) is 2.89. The molecule has 4 aromatic rings. The van der Waals surface area contributed by atoms with Crippen molar-refractivity contribution >= 4 is 61.8 Å². The van der Waals surface area contributed by atoms with Crippen LogP contribution in [0.5, 0.6) is 0 Å². The highest BCUT2D eigenvalue weighted by atomic mass is 35.5. The summed E-state index contributed by atoms with van der Waals surface area (Å²) in [5.74, 6) is -0.222. The fourth-order valence-corrected chi connectivity index (χ4v) is 5.68. The molecule has 5 rings (SSSR count). The maximum Gasteiger partial charge on any atom is 0.267 e. The molecular formula is C21H16ClN3OS2. The number of fused-ring (bicyclic) bond motifs is 2. The number of nitrogens with one attached hydrogen (secondary N) is 1. The zero-order valence-corrected chi connectivity index (χ0v) is 17.2. The molecule has 0 fully saturated rings. The lowest BCUT2D eigenvalue weighted by Crippen LogP contribution is -2.11. The predicted octanol–water partition coefficient (Wildman–Crippen LogP) is 6.00. The minimum absolute atomic E-state index is 0.222. The first-order chi connectivity index (χ1) is 13.6. The lowest BCUT2D eigenvalue weighted by atomic mass is 10.0. The molecule has 0 radical (unpaired) electrons. The number of amides is 1. The van der Waals surface area contributed by atoms with Gasteiger partial charge >= 0.3 is 0 Å². The van der Waals surface area contributed by atoms with Crippen LogP contribution in [0.25, 0.3) is 20.7 Å². The molecule has 1 aliphatic carbocycles. The summed E-state index contributed by atoms with van der Waals surface area (Å²) in [5, 5.41) is 6.51. The number of hydrogen-bond donors (Lipinski definition) is 2. The maximum absolute atomic E-state index is 12.9. The second-order valence-corrected chi connectivity index (χ2v) is 9.11. The molecular weight excluding hydrogens is 410 g/mol. The van der Waals surface area contributed by atoms with Crippen LogP contribution >= 0.6 is 34.3 Å². The van der Waals surface area contributed by atoms with Crippen molar-refractivity contribution in [2.24, 2.45) is 0 Å².